The number of fused-ring (bicyclic) bond motifs is 4. The Morgan fingerprint density at radius 1 is 1.11 bits per heavy atom. The molecule has 0 saturated carbocycles. The molecule has 3 aromatic heterocycles. The third kappa shape index (κ3) is 3.25. The lowest BCUT2D eigenvalue weighted by atomic mass is 9.82. The van der Waals surface area contributed by atoms with Crippen molar-refractivity contribution in [2.45, 2.75) is 43.6 Å². The fraction of sp³-hybridized carbons (Fsp3) is 0.357. The van der Waals surface area contributed by atoms with Crippen LogP contribution in [0.5, 0.6) is 0 Å². The van der Waals surface area contributed by atoms with Crippen molar-refractivity contribution in [3.8, 4) is 0 Å². The highest BCUT2D eigenvalue weighted by Crippen LogP contribution is 2.43. The van der Waals surface area contributed by atoms with Crippen LogP contribution in [0.25, 0.3) is 21.9 Å². The zero-order valence-electron chi connectivity index (χ0n) is 19.8. The van der Waals surface area contributed by atoms with Gasteiger partial charge in [-0.05, 0) is 80.1 Å². The third-order valence-electron chi connectivity index (χ3n) is 8.27. The van der Waals surface area contributed by atoms with Gasteiger partial charge in [-0.15, -0.1) is 0 Å². The van der Waals surface area contributed by atoms with Gasteiger partial charge in [0.15, 0.2) is 5.65 Å². The summed E-state index contributed by atoms with van der Waals surface area (Å²) < 4.78 is 0. The number of carbonyl (C=O) groups excluding carboxylic acids is 2. The summed E-state index contributed by atoms with van der Waals surface area (Å²) in [5.41, 5.74) is 4.02. The van der Waals surface area contributed by atoms with Crippen molar-refractivity contribution < 1.29 is 9.59 Å². The van der Waals surface area contributed by atoms with E-state index in [1.807, 2.05) is 41.3 Å². The molecule has 5 heterocycles. The first-order valence-electron chi connectivity index (χ1n) is 12.6. The van der Waals surface area contributed by atoms with Gasteiger partial charge in [-0.25, -0.2) is 9.97 Å². The van der Waals surface area contributed by atoms with E-state index in [1.165, 1.54) is 5.56 Å². The van der Waals surface area contributed by atoms with Crippen LogP contribution >= 0.6 is 11.6 Å². The van der Waals surface area contributed by atoms with Crippen LogP contribution < -0.4 is 0 Å². The van der Waals surface area contributed by atoms with Crippen LogP contribution in [0.2, 0.25) is 5.02 Å². The van der Waals surface area contributed by atoms with Crippen LogP contribution in [0.1, 0.15) is 53.3 Å². The minimum absolute atomic E-state index is 0.0973. The largest absolute Gasteiger partial charge is 0.357 e. The van der Waals surface area contributed by atoms with Gasteiger partial charge >= 0.3 is 0 Å². The summed E-state index contributed by atoms with van der Waals surface area (Å²) in [6.45, 7) is 1.86. The van der Waals surface area contributed by atoms with Gasteiger partial charge < -0.3 is 14.8 Å². The number of pyridine rings is 2. The Labute approximate surface area is 213 Å². The van der Waals surface area contributed by atoms with E-state index in [4.69, 9.17) is 11.6 Å². The number of amides is 2. The number of benzene rings is 1. The van der Waals surface area contributed by atoms with Crippen molar-refractivity contribution in [1.82, 2.24) is 24.8 Å². The average molecular weight is 500 g/mol. The number of aromatic amines is 1. The first kappa shape index (κ1) is 21.8. The predicted molar refractivity (Wildman–Crippen MR) is 138 cm³/mol. The molecule has 2 fully saturated rings. The van der Waals surface area contributed by atoms with Crippen molar-refractivity contribution in [2.24, 2.45) is 0 Å². The quantitative estimate of drug-likeness (QED) is 0.433. The number of halogens is 1. The van der Waals surface area contributed by atoms with Crippen molar-refractivity contribution >= 4 is 45.4 Å². The molecule has 7 nitrogen and oxygen atoms in total. The fourth-order valence-corrected chi connectivity index (χ4v) is 6.70. The summed E-state index contributed by atoms with van der Waals surface area (Å²) in [7, 11) is 0. The molecule has 3 aliphatic rings. The number of nitrogens with one attached hydrogen (secondary N) is 1. The standard InChI is InChI=1S/C28H26ClN5O2/c29-18-8-10-22-21(14-18)19-5-1-6-20(24(19)31-22)26(35)34-13-3-11-28(34)15-33(16-28)27(36)23-9-7-17-4-2-12-30-25(17)32-23/h2,4,7-10,12,14,20,31H,1,3,5-6,11,13,15-16H2. The highest BCUT2D eigenvalue weighted by Gasteiger charge is 2.54. The van der Waals surface area contributed by atoms with Gasteiger partial charge in [0.1, 0.15) is 5.69 Å². The first-order chi connectivity index (χ1) is 17.5. The summed E-state index contributed by atoms with van der Waals surface area (Å²) in [6.07, 6.45) is 6.36. The summed E-state index contributed by atoms with van der Waals surface area (Å²) in [4.78, 5) is 43.3. The molecule has 1 unspecified atom stereocenters. The Hall–Kier alpha value is -3.45. The van der Waals surface area contributed by atoms with E-state index in [-0.39, 0.29) is 23.3 Å². The van der Waals surface area contributed by atoms with Crippen molar-refractivity contribution in [2.75, 3.05) is 19.6 Å². The number of nitrogens with zero attached hydrogens (tertiary/aromatic N) is 4. The zero-order chi connectivity index (χ0) is 24.4. The predicted octanol–water partition coefficient (Wildman–Crippen LogP) is 4.70. The Morgan fingerprint density at radius 2 is 2.00 bits per heavy atom. The molecule has 0 bridgehead atoms. The van der Waals surface area contributed by atoms with E-state index < -0.39 is 0 Å². The minimum atomic E-state index is -0.269. The number of hydrogen-bond donors (Lipinski definition) is 1. The molecule has 36 heavy (non-hydrogen) atoms. The van der Waals surface area contributed by atoms with E-state index >= 15 is 0 Å². The van der Waals surface area contributed by atoms with Gasteiger partial charge in [0.25, 0.3) is 5.91 Å². The molecule has 1 aromatic carbocycles. The molecule has 0 radical (unpaired) electrons. The number of hydrogen-bond acceptors (Lipinski definition) is 4. The van der Waals surface area contributed by atoms with Crippen LogP contribution in [0.4, 0.5) is 0 Å². The summed E-state index contributed by atoms with van der Waals surface area (Å²) >= 11 is 6.27. The van der Waals surface area contributed by atoms with Crippen molar-refractivity contribution in [3.63, 3.8) is 0 Å². The SMILES string of the molecule is O=C(c1ccc2cccnc2n1)N1CC2(CCCN2C(=O)C2CCCc3c2[nH]c2ccc(Cl)cc32)C1. The lowest BCUT2D eigenvalue weighted by molar-refractivity contribution is -0.142. The Balaban J connectivity index is 1.12. The van der Waals surface area contributed by atoms with Gasteiger partial charge in [-0.1, -0.05) is 11.6 Å². The summed E-state index contributed by atoms with van der Waals surface area (Å²) in [5.74, 6) is -0.0842. The van der Waals surface area contributed by atoms with E-state index in [0.717, 1.165) is 60.6 Å². The van der Waals surface area contributed by atoms with Crippen LogP contribution in [-0.2, 0) is 11.2 Å². The Kier molecular flexibility index (Phi) is 4.86. The molecule has 2 aliphatic heterocycles. The molecule has 1 atom stereocenters. The second-order valence-corrected chi connectivity index (χ2v) is 10.8. The maximum atomic E-state index is 14.0. The smallest absolute Gasteiger partial charge is 0.272 e. The number of likely N-dealkylation sites (tertiary alicyclic amines) is 2. The van der Waals surface area contributed by atoms with Crippen molar-refractivity contribution in [1.29, 1.82) is 0 Å². The maximum Gasteiger partial charge on any atom is 0.272 e. The first-order valence-corrected chi connectivity index (χ1v) is 13.0. The maximum absolute atomic E-state index is 14.0. The van der Waals surface area contributed by atoms with E-state index in [0.29, 0.717) is 29.5 Å². The van der Waals surface area contributed by atoms with E-state index in [2.05, 4.69) is 19.9 Å². The molecule has 2 saturated heterocycles. The molecule has 8 heteroatoms. The highest BCUT2D eigenvalue weighted by molar-refractivity contribution is 6.31. The molecule has 2 amide bonds. The van der Waals surface area contributed by atoms with Gasteiger partial charge in [0.2, 0.25) is 5.91 Å². The van der Waals surface area contributed by atoms with E-state index in [1.54, 1.807) is 12.3 Å². The molecular formula is C28H26ClN5O2. The topological polar surface area (TPSA) is 82.2 Å². The summed E-state index contributed by atoms with van der Waals surface area (Å²) in [5, 5.41) is 2.75. The zero-order valence-corrected chi connectivity index (χ0v) is 20.6. The van der Waals surface area contributed by atoms with E-state index in [9.17, 15) is 9.59 Å². The molecule has 1 N–H and O–H groups in total. The number of carbonyl (C=O) groups is 2. The lowest BCUT2D eigenvalue weighted by Gasteiger charge is -2.53. The molecule has 4 aromatic rings. The van der Waals surface area contributed by atoms with Crippen LogP contribution in [0.15, 0.2) is 48.7 Å². The fourth-order valence-electron chi connectivity index (χ4n) is 6.52. The normalized spacial score (nSPS) is 20.6. The average Bonchev–Trinajstić information content (AvgIpc) is 3.48. The minimum Gasteiger partial charge on any atom is -0.357 e. The Morgan fingerprint density at radius 3 is 2.89 bits per heavy atom. The monoisotopic (exact) mass is 499 g/mol. The van der Waals surface area contributed by atoms with Gasteiger partial charge in [0, 0.05) is 52.8 Å². The Bertz CT molecular complexity index is 1540. The second-order valence-electron chi connectivity index (χ2n) is 10.4. The third-order valence-corrected chi connectivity index (χ3v) is 8.51. The molecule has 7 rings (SSSR count). The van der Waals surface area contributed by atoms with Crippen LogP contribution in [0.3, 0.4) is 0 Å². The van der Waals surface area contributed by atoms with Crippen molar-refractivity contribution in [3.05, 3.63) is 70.6 Å². The lowest BCUT2D eigenvalue weighted by Crippen LogP contribution is -2.70. The highest BCUT2D eigenvalue weighted by atomic mass is 35.5. The second kappa shape index (κ2) is 8.03. The van der Waals surface area contributed by atoms with Gasteiger partial charge in [0.05, 0.1) is 11.5 Å². The van der Waals surface area contributed by atoms with Crippen LogP contribution in [0, 0.1) is 0 Å². The molecular weight excluding hydrogens is 474 g/mol. The number of aryl methyl sites for hydroxylation is 1. The number of rotatable bonds is 2. The molecule has 182 valence electrons. The van der Waals surface area contributed by atoms with Gasteiger partial charge in [-0.2, -0.15) is 0 Å². The number of aromatic nitrogens is 3. The number of H-pyrrole nitrogens is 1. The van der Waals surface area contributed by atoms with Gasteiger partial charge in [-0.3, -0.25) is 9.59 Å². The van der Waals surface area contributed by atoms with Crippen LogP contribution in [-0.4, -0.2) is 61.7 Å². The summed E-state index contributed by atoms with van der Waals surface area (Å²) in [6, 6.07) is 13.3. The molecule has 1 spiro atoms. The molecule has 1 aliphatic carbocycles.